The first-order chi connectivity index (χ1) is 17.5. The van der Waals surface area contributed by atoms with Crippen molar-refractivity contribution in [2.24, 2.45) is 7.05 Å². The molecule has 0 atom stereocenters. The van der Waals surface area contributed by atoms with Gasteiger partial charge in [-0.15, -0.1) is 0 Å². The molecule has 1 heterocycles. The first-order valence-corrected chi connectivity index (χ1v) is 13.3. The van der Waals surface area contributed by atoms with Crippen molar-refractivity contribution in [3.63, 3.8) is 0 Å². The van der Waals surface area contributed by atoms with Gasteiger partial charge in [-0.25, -0.2) is 4.39 Å². The van der Waals surface area contributed by atoms with E-state index in [1.165, 1.54) is 23.3 Å². The Labute approximate surface area is 221 Å². The third-order valence-electron chi connectivity index (χ3n) is 7.62. The molecule has 0 fully saturated rings. The van der Waals surface area contributed by atoms with Crippen LogP contribution in [0.4, 0.5) is 4.39 Å². The van der Waals surface area contributed by atoms with E-state index in [0.29, 0.717) is 24.5 Å². The van der Waals surface area contributed by atoms with E-state index in [2.05, 4.69) is 70.2 Å². The highest BCUT2D eigenvalue weighted by Gasteiger charge is 2.26. The van der Waals surface area contributed by atoms with E-state index in [-0.39, 0.29) is 22.6 Å². The largest absolute Gasteiger partial charge is 0.493 e. The van der Waals surface area contributed by atoms with E-state index >= 15 is 0 Å². The first-order valence-electron chi connectivity index (χ1n) is 13.3. The van der Waals surface area contributed by atoms with Crippen LogP contribution in [0.3, 0.4) is 0 Å². The monoisotopic (exact) mass is 507 g/mol. The third-order valence-corrected chi connectivity index (χ3v) is 7.62. The number of aryl methyl sites for hydroxylation is 1. The van der Waals surface area contributed by atoms with Crippen molar-refractivity contribution in [3.05, 3.63) is 71.2 Å². The van der Waals surface area contributed by atoms with Crippen LogP contribution < -0.4 is 10.1 Å². The molecule has 3 aromatic rings. The van der Waals surface area contributed by atoms with Crippen LogP contribution in [-0.4, -0.2) is 28.8 Å². The molecule has 0 bridgehead atoms. The van der Waals surface area contributed by atoms with Gasteiger partial charge in [-0.2, -0.15) is 5.10 Å². The second-order valence-electron chi connectivity index (χ2n) is 11.0. The van der Waals surface area contributed by atoms with Gasteiger partial charge in [-0.1, -0.05) is 53.7 Å². The minimum absolute atomic E-state index is 0.0268. The molecule has 5 nitrogen and oxygen atoms in total. The Hall–Kier alpha value is -3.15. The van der Waals surface area contributed by atoms with Gasteiger partial charge in [-0.3, -0.25) is 9.48 Å². The maximum absolute atomic E-state index is 13.2. The fourth-order valence-electron chi connectivity index (χ4n) is 4.14. The van der Waals surface area contributed by atoms with Crippen LogP contribution in [0.1, 0.15) is 88.8 Å². The van der Waals surface area contributed by atoms with Crippen LogP contribution in [0.5, 0.6) is 5.75 Å². The van der Waals surface area contributed by atoms with Gasteiger partial charge in [0.2, 0.25) is 0 Å². The molecule has 1 amide bonds. The zero-order chi connectivity index (χ0) is 27.2. The van der Waals surface area contributed by atoms with Crippen molar-refractivity contribution < 1.29 is 13.9 Å². The Kier molecular flexibility index (Phi) is 9.16. The molecule has 0 radical (unpaired) electrons. The Bertz CT molecular complexity index is 1200. The quantitative estimate of drug-likeness (QED) is 0.264. The van der Waals surface area contributed by atoms with Crippen LogP contribution in [0.25, 0.3) is 11.3 Å². The summed E-state index contributed by atoms with van der Waals surface area (Å²) in [5, 5.41) is 7.37. The maximum Gasteiger partial charge on any atom is 0.269 e. The van der Waals surface area contributed by atoms with Crippen molar-refractivity contribution in [1.29, 1.82) is 0 Å². The number of hydrogen-bond donors (Lipinski definition) is 1. The summed E-state index contributed by atoms with van der Waals surface area (Å²) in [6.45, 7) is 14.7. The number of aromatic nitrogens is 2. The summed E-state index contributed by atoms with van der Waals surface area (Å²) in [5.41, 5.74) is 4.64. The van der Waals surface area contributed by atoms with Gasteiger partial charge in [-0.05, 0) is 78.5 Å². The second-order valence-corrected chi connectivity index (χ2v) is 11.0. The number of unbranched alkanes of at least 4 members (excludes halogenated alkanes) is 1. The molecule has 3 rings (SSSR count). The number of rotatable bonds is 12. The summed E-state index contributed by atoms with van der Waals surface area (Å²) >= 11 is 0. The summed E-state index contributed by atoms with van der Waals surface area (Å²) < 4.78 is 21.0. The summed E-state index contributed by atoms with van der Waals surface area (Å²) in [5.74, 6) is 0.476. The molecule has 1 aromatic heterocycles. The van der Waals surface area contributed by atoms with Crippen molar-refractivity contribution in [2.45, 2.75) is 78.1 Å². The Morgan fingerprint density at radius 1 is 0.973 bits per heavy atom. The van der Waals surface area contributed by atoms with E-state index < -0.39 is 0 Å². The molecule has 6 heteroatoms. The first kappa shape index (κ1) is 28.4. The summed E-state index contributed by atoms with van der Waals surface area (Å²) in [4.78, 5) is 12.7. The van der Waals surface area contributed by atoms with Crippen molar-refractivity contribution >= 4 is 5.91 Å². The Balaban J connectivity index is 1.53. The fourth-order valence-corrected chi connectivity index (χ4v) is 4.14. The zero-order valence-corrected chi connectivity index (χ0v) is 23.5. The lowest BCUT2D eigenvalue weighted by Crippen LogP contribution is -2.26. The second kappa shape index (κ2) is 11.9. The van der Waals surface area contributed by atoms with Gasteiger partial charge in [0, 0.05) is 24.7 Å². The highest BCUT2D eigenvalue weighted by Crippen LogP contribution is 2.38. The number of amides is 1. The predicted octanol–water partition coefficient (Wildman–Crippen LogP) is 7.19. The van der Waals surface area contributed by atoms with Crippen LogP contribution in [0.15, 0.2) is 48.5 Å². The molecule has 37 heavy (non-hydrogen) atoms. The number of nitrogens with one attached hydrogen (secondary N) is 1. The number of benzene rings is 2. The number of carbonyl (C=O) groups excluding carboxylic acids is 1. The van der Waals surface area contributed by atoms with Crippen LogP contribution in [0.2, 0.25) is 0 Å². The SMILES string of the molecule is CCC(C)(C)c1ccc(OCCCCNC(=O)c2cc(-c3ccc(F)cc3)nn2C)c(C(C)(C)CC)c1. The lowest BCUT2D eigenvalue weighted by molar-refractivity contribution is 0.0943. The predicted molar refractivity (Wildman–Crippen MR) is 149 cm³/mol. The van der Waals surface area contributed by atoms with Gasteiger partial charge in [0.25, 0.3) is 5.91 Å². The molecule has 0 aliphatic carbocycles. The van der Waals surface area contributed by atoms with Crippen molar-refractivity contribution in [1.82, 2.24) is 15.1 Å². The summed E-state index contributed by atoms with van der Waals surface area (Å²) in [7, 11) is 1.73. The molecule has 0 spiro atoms. The summed E-state index contributed by atoms with van der Waals surface area (Å²) in [6.07, 6.45) is 3.75. The average molecular weight is 508 g/mol. The molecule has 2 aromatic carbocycles. The lowest BCUT2D eigenvalue weighted by Gasteiger charge is -2.30. The highest BCUT2D eigenvalue weighted by atomic mass is 19.1. The number of hydrogen-bond acceptors (Lipinski definition) is 3. The van der Waals surface area contributed by atoms with Gasteiger partial charge >= 0.3 is 0 Å². The molecule has 0 aliphatic rings. The normalized spacial score (nSPS) is 12.0. The fraction of sp³-hybridized carbons (Fsp3) is 0.484. The van der Waals surface area contributed by atoms with Crippen molar-refractivity contribution in [3.8, 4) is 17.0 Å². The number of carbonyl (C=O) groups is 1. The van der Waals surface area contributed by atoms with Crippen LogP contribution >= 0.6 is 0 Å². The van der Waals surface area contributed by atoms with E-state index in [9.17, 15) is 9.18 Å². The third kappa shape index (κ3) is 7.00. The Morgan fingerprint density at radius 2 is 1.65 bits per heavy atom. The molecular formula is C31H42FN3O2. The molecule has 0 saturated heterocycles. The van der Waals surface area contributed by atoms with Crippen molar-refractivity contribution in [2.75, 3.05) is 13.2 Å². The molecule has 0 saturated carbocycles. The molecule has 0 aliphatic heterocycles. The highest BCUT2D eigenvalue weighted by molar-refractivity contribution is 5.93. The smallest absolute Gasteiger partial charge is 0.269 e. The topological polar surface area (TPSA) is 56.1 Å². The Morgan fingerprint density at radius 3 is 2.30 bits per heavy atom. The molecule has 0 unspecified atom stereocenters. The van der Waals surface area contributed by atoms with Crippen LogP contribution in [0, 0.1) is 5.82 Å². The minimum atomic E-state index is -0.301. The number of ether oxygens (including phenoxy) is 1. The maximum atomic E-state index is 13.2. The number of halogens is 1. The lowest BCUT2D eigenvalue weighted by atomic mass is 9.76. The van der Waals surface area contributed by atoms with E-state index in [0.717, 1.165) is 37.0 Å². The average Bonchev–Trinajstić information content (AvgIpc) is 3.27. The molecule has 200 valence electrons. The zero-order valence-electron chi connectivity index (χ0n) is 23.5. The van der Waals surface area contributed by atoms with Gasteiger partial charge in [0.1, 0.15) is 17.3 Å². The van der Waals surface area contributed by atoms with E-state index in [1.54, 1.807) is 29.9 Å². The standard InChI is InChI=1S/C31H42FN3O2/c1-8-30(3,4)23-14-17-28(25(20-23)31(5,6)9-2)37-19-11-10-18-33-29(36)27-21-26(34-35(27)7)22-12-15-24(32)16-13-22/h12-17,20-21H,8-11,18-19H2,1-7H3,(H,33,36). The van der Waals surface area contributed by atoms with Crippen LogP contribution in [-0.2, 0) is 17.9 Å². The molecule has 1 N–H and O–H groups in total. The number of nitrogens with zero attached hydrogens (tertiary/aromatic N) is 2. The van der Waals surface area contributed by atoms with E-state index in [1.807, 2.05) is 0 Å². The van der Waals surface area contributed by atoms with Gasteiger partial charge in [0.05, 0.1) is 12.3 Å². The minimum Gasteiger partial charge on any atom is -0.493 e. The summed E-state index contributed by atoms with van der Waals surface area (Å²) in [6, 6.07) is 14.5. The molecular weight excluding hydrogens is 465 g/mol. The van der Waals surface area contributed by atoms with E-state index in [4.69, 9.17) is 4.74 Å². The van der Waals surface area contributed by atoms with Gasteiger partial charge in [0.15, 0.2) is 0 Å². The van der Waals surface area contributed by atoms with Gasteiger partial charge < -0.3 is 10.1 Å².